The summed E-state index contributed by atoms with van der Waals surface area (Å²) in [5, 5.41) is 14.6. The van der Waals surface area contributed by atoms with Crippen LogP contribution < -0.4 is 5.32 Å². The van der Waals surface area contributed by atoms with Crippen LogP contribution in [0.4, 0.5) is 5.95 Å². The molecule has 8 heteroatoms. The van der Waals surface area contributed by atoms with Crippen molar-refractivity contribution in [3.05, 3.63) is 33.2 Å². The first kappa shape index (κ1) is 12.8. The molecule has 20 heavy (non-hydrogen) atoms. The number of carbonyl (C=O) groups excluding carboxylic acids is 1. The van der Waals surface area contributed by atoms with E-state index in [-0.39, 0.29) is 12.0 Å². The Labute approximate surface area is 119 Å². The minimum atomic E-state index is -0.382. The number of esters is 1. The number of carbonyl (C=O) groups is 1. The summed E-state index contributed by atoms with van der Waals surface area (Å²) < 4.78 is 6.50. The highest BCUT2D eigenvalue weighted by Crippen LogP contribution is 2.37. The number of nitrogens with one attached hydrogen (secondary N) is 1. The van der Waals surface area contributed by atoms with E-state index in [1.54, 1.807) is 16.0 Å². The number of aromatic nitrogens is 4. The van der Waals surface area contributed by atoms with Crippen molar-refractivity contribution < 1.29 is 9.53 Å². The van der Waals surface area contributed by atoms with E-state index in [1.807, 2.05) is 26.0 Å². The second-order valence-electron chi connectivity index (χ2n) is 4.45. The van der Waals surface area contributed by atoms with Crippen LogP contribution in [0.15, 0.2) is 23.4 Å². The van der Waals surface area contributed by atoms with Crippen LogP contribution in [0.5, 0.6) is 0 Å². The van der Waals surface area contributed by atoms with Crippen molar-refractivity contribution in [3.63, 3.8) is 0 Å². The van der Waals surface area contributed by atoms with E-state index in [9.17, 15) is 4.79 Å². The fourth-order valence-electron chi connectivity index (χ4n) is 2.25. The van der Waals surface area contributed by atoms with Crippen LogP contribution in [0.3, 0.4) is 0 Å². The molecular formula is C12H13N5O2S. The normalized spacial score (nSPS) is 17.6. The van der Waals surface area contributed by atoms with Crippen LogP contribution >= 0.6 is 11.3 Å². The predicted octanol–water partition coefficient (Wildman–Crippen LogP) is 1.50. The first-order valence-corrected chi connectivity index (χ1v) is 6.83. The van der Waals surface area contributed by atoms with Gasteiger partial charge in [0.25, 0.3) is 0 Å². The van der Waals surface area contributed by atoms with Gasteiger partial charge in [0.15, 0.2) is 0 Å². The summed E-state index contributed by atoms with van der Waals surface area (Å²) in [6.45, 7) is 3.84. The van der Waals surface area contributed by atoms with Gasteiger partial charge in [0.2, 0.25) is 5.95 Å². The molecule has 0 amide bonds. The molecular weight excluding hydrogens is 278 g/mol. The minimum Gasteiger partial charge on any atom is -0.466 e. The van der Waals surface area contributed by atoms with Crippen molar-refractivity contribution >= 4 is 23.3 Å². The van der Waals surface area contributed by atoms with Crippen molar-refractivity contribution in [1.82, 2.24) is 20.2 Å². The first-order valence-electron chi connectivity index (χ1n) is 6.02. The fourth-order valence-corrected chi connectivity index (χ4v) is 3.22. The Morgan fingerprint density at radius 1 is 1.45 bits per heavy atom. The monoisotopic (exact) mass is 291 g/mol. The van der Waals surface area contributed by atoms with Crippen molar-refractivity contribution in [1.29, 1.82) is 0 Å². The van der Waals surface area contributed by atoms with E-state index in [0.29, 0.717) is 17.2 Å². The molecule has 0 aliphatic carbocycles. The lowest BCUT2D eigenvalue weighted by molar-refractivity contribution is -0.136. The average Bonchev–Trinajstić information content (AvgIpc) is 3.04. The van der Waals surface area contributed by atoms with Gasteiger partial charge < -0.3 is 10.1 Å². The summed E-state index contributed by atoms with van der Waals surface area (Å²) in [6.07, 6.45) is 0. The number of hydrogen-bond donors (Lipinski definition) is 1. The second kappa shape index (κ2) is 4.71. The summed E-state index contributed by atoms with van der Waals surface area (Å²) in [5.41, 5.74) is 1.23. The number of hydrogen-bond acceptors (Lipinski definition) is 7. The maximum atomic E-state index is 12.1. The highest BCUT2D eigenvalue weighted by Gasteiger charge is 2.35. The molecule has 0 saturated heterocycles. The Balaban J connectivity index is 2.18. The number of thiophene rings is 1. The highest BCUT2D eigenvalue weighted by atomic mass is 32.1. The Morgan fingerprint density at radius 2 is 2.25 bits per heavy atom. The number of rotatable bonds is 2. The number of aryl methyl sites for hydroxylation is 1. The van der Waals surface area contributed by atoms with Crippen LogP contribution in [-0.4, -0.2) is 33.3 Å². The van der Waals surface area contributed by atoms with E-state index < -0.39 is 0 Å². The molecule has 3 heterocycles. The summed E-state index contributed by atoms with van der Waals surface area (Å²) in [7, 11) is 1.37. The number of tetrazole rings is 1. The predicted molar refractivity (Wildman–Crippen MR) is 73.4 cm³/mol. The molecule has 0 unspecified atom stereocenters. The molecule has 0 aromatic carbocycles. The summed E-state index contributed by atoms with van der Waals surface area (Å²) in [6, 6.07) is 3.64. The standard InChI is InChI=1S/C12H13N5O2S/c1-6-4-5-8(20-6)10-9(11(18)19-3)7(2)13-12-14-15-16-17(10)12/h4-5,10H,1-3H3,(H,13,14,16)/t10-/m0/s1. The van der Waals surface area contributed by atoms with Crippen molar-refractivity contribution in [2.45, 2.75) is 19.9 Å². The molecule has 1 atom stereocenters. The molecule has 0 saturated carbocycles. The van der Waals surface area contributed by atoms with Gasteiger partial charge in [-0.1, -0.05) is 5.10 Å². The van der Waals surface area contributed by atoms with Gasteiger partial charge in [-0.15, -0.1) is 11.3 Å². The summed E-state index contributed by atoms with van der Waals surface area (Å²) >= 11 is 1.61. The SMILES string of the molecule is COC(=O)C1=C(C)Nc2nnnn2[C@H]1c1ccc(C)s1. The van der Waals surface area contributed by atoms with E-state index in [0.717, 1.165) is 9.75 Å². The molecule has 7 nitrogen and oxygen atoms in total. The summed E-state index contributed by atoms with van der Waals surface area (Å²) in [5.74, 6) is 0.137. The number of ether oxygens (including phenoxy) is 1. The Hall–Kier alpha value is -2.22. The first-order chi connectivity index (χ1) is 9.61. The van der Waals surface area contributed by atoms with E-state index in [1.165, 1.54) is 7.11 Å². The largest absolute Gasteiger partial charge is 0.466 e. The van der Waals surface area contributed by atoms with Crippen LogP contribution in [-0.2, 0) is 9.53 Å². The third-order valence-electron chi connectivity index (χ3n) is 3.15. The van der Waals surface area contributed by atoms with Crippen LogP contribution in [0, 0.1) is 6.92 Å². The fraction of sp³-hybridized carbons (Fsp3) is 0.333. The second-order valence-corrected chi connectivity index (χ2v) is 5.77. The zero-order chi connectivity index (χ0) is 14.3. The maximum absolute atomic E-state index is 12.1. The molecule has 0 radical (unpaired) electrons. The quantitative estimate of drug-likeness (QED) is 0.844. The Bertz CT molecular complexity index is 702. The zero-order valence-corrected chi connectivity index (χ0v) is 12.1. The number of anilines is 1. The molecule has 1 aliphatic heterocycles. The van der Waals surface area contributed by atoms with E-state index in [4.69, 9.17) is 4.74 Å². The number of nitrogens with zero attached hydrogens (tertiary/aromatic N) is 4. The molecule has 0 fully saturated rings. The van der Waals surface area contributed by atoms with Crippen molar-refractivity contribution in [2.24, 2.45) is 0 Å². The van der Waals surface area contributed by atoms with Gasteiger partial charge >= 0.3 is 5.97 Å². The van der Waals surface area contributed by atoms with E-state index >= 15 is 0 Å². The van der Waals surface area contributed by atoms with Gasteiger partial charge in [0.1, 0.15) is 6.04 Å². The smallest absolute Gasteiger partial charge is 0.338 e. The Kier molecular flexibility index (Phi) is 3.01. The summed E-state index contributed by atoms with van der Waals surface area (Å²) in [4.78, 5) is 14.3. The van der Waals surface area contributed by atoms with Gasteiger partial charge in [-0.05, 0) is 36.4 Å². The molecule has 104 valence electrons. The van der Waals surface area contributed by atoms with Gasteiger partial charge in [0.05, 0.1) is 12.7 Å². The van der Waals surface area contributed by atoms with Crippen LogP contribution in [0.2, 0.25) is 0 Å². The third kappa shape index (κ3) is 1.88. The van der Waals surface area contributed by atoms with Gasteiger partial charge in [-0.2, -0.15) is 4.68 Å². The topological polar surface area (TPSA) is 81.9 Å². The number of methoxy groups -OCH3 is 1. The zero-order valence-electron chi connectivity index (χ0n) is 11.2. The minimum absolute atomic E-state index is 0.354. The molecule has 3 rings (SSSR count). The molecule has 1 N–H and O–H groups in total. The lowest BCUT2D eigenvalue weighted by Gasteiger charge is -2.25. The lowest BCUT2D eigenvalue weighted by atomic mass is 10.0. The number of allylic oxidation sites excluding steroid dienone is 1. The van der Waals surface area contributed by atoms with Gasteiger partial charge in [-0.3, -0.25) is 0 Å². The van der Waals surface area contributed by atoms with Gasteiger partial charge in [0, 0.05) is 15.5 Å². The third-order valence-corrected chi connectivity index (χ3v) is 4.20. The molecule has 0 spiro atoms. The maximum Gasteiger partial charge on any atom is 0.338 e. The van der Waals surface area contributed by atoms with Gasteiger partial charge in [-0.25, -0.2) is 4.79 Å². The lowest BCUT2D eigenvalue weighted by Crippen LogP contribution is -2.28. The Morgan fingerprint density at radius 3 is 2.90 bits per heavy atom. The van der Waals surface area contributed by atoms with Crippen LogP contribution in [0.1, 0.15) is 22.7 Å². The van der Waals surface area contributed by atoms with Crippen molar-refractivity contribution in [2.75, 3.05) is 12.4 Å². The van der Waals surface area contributed by atoms with Crippen molar-refractivity contribution in [3.8, 4) is 0 Å². The molecule has 2 aromatic rings. The van der Waals surface area contributed by atoms with Crippen LogP contribution in [0.25, 0.3) is 0 Å². The number of fused-ring (bicyclic) bond motifs is 1. The average molecular weight is 291 g/mol. The molecule has 2 aromatic heterocycles. The molecule has 1 aliphatic rings. The molecule has 0 bridgehead atoms. The highest BCUT2D eigenvalue weighted by molar-refractivity contribution is 7.12. The van der Waals surface area contributed by atoms with E-state index in [2.05, 4.69) is 20.8 Å².